The van der Waals surface area contributed by atoms with E-state index in [2.05, 4.69) is 0 Å². The summed E-state index contributed by atoms with van der Waals surface area (Å²) in [6.45, 7) is 0. The Morgan fingerprint density at radius 1 is 1.11 bits per heavy atom. The molecule has 0 N–H and O–H groups in total. The highest BCUT2D eigenvalue weighted by molar-refractivity contribution is 5.66. The Morgan fingerprint density at radius 2 is 1.83 bits per heavy atom. The summed E-state index contributed by atoms with van der Waals surface area (Å²) in [6, 6.07) is 3.98. The van der Waals surface area contributed by atoms with Crippen molar-refractivity contribution in [1.82, 2.24) is 0 Å². The molecule has 2 rings (SSSR count). The zero-order valence-corrected chi connectivity index (χ0v) is 10.5. The fourth-order valence-corrected chi connectivity index (χ4v) is 2.22. The predicted octanol–water partition coefficient (Wildman–Crippen LogP) is 3.52. The van der Waals surface area contributed by atoms with Crippen LogP contribution in [0.4, 0.5) is 8.78 Å². The molecule has 0 bridgehead atoms. The summed E-state index contributed by atoms with van der Waals surface area (Å²) in [5, 5.41) is 0. The molecule has 0 aromatic heterocycles. The number of rotatable bonds is 3. The zero-order chi connectivity index (χ0) is 13.2. The fraction of sp³-hybridized carbons (Fsp3) is 0.429. The van der Waals surface area contributed by atoms with E-state index in [-0.39, 0.29) is 0 Å². The number of ether oxygens (including phenoxy) is 2. The van der Waals surface area contributed by atoms with Crippen LogP contribution in [0.3, 0.4) is 0 Å². The lowest BCUT2D eigenvalue weighted by Crippen LogP contribution is -2.34. The predicted molar refractivity (Wildman–Crippen MR) is 64.9 cm³/mol. The number of hydrogen-bond donors (Lipinski definition) is 0. The number of benzene rings is 1. The van der Waals surface area contributed by atoms with Crippen LogP contribution in [0.15, 0.2) is 24.3 Å². The SMILES string of the molecule is COC1(OC)CC=C(c2ccc(F)c(F)c2)CC1. The van der Waals surface area contributed by atoms with Crippen molar-refractivity contribution in [3.05, 3.63) is 41.5 Å². The summed E-state index contributed by atoms with van der Waals surface area (Å²) in [5.41, 5.74) is 1.72. The highest BCUT2D eigenvalue weighted by atomic mass is 19.2. The number of hydrogen-bond acceptors (Lipinski definition) is 2. The zero-order valence-electron chi connectivity index (χ0n) is 10.5. The van der Waals surface area contributed by atoms with E-state index in [1.54, 1.807) is 20.3 Å². The van der Waals surface area contributed by atoms with Gasteiger partial charge in [0.2, 0.25) is 0 Å². The second kappa shape index (κ2) is 5.16. The minimum Gasteiger partial charge on any atom is -0.353 e. The third-order valence-electron chi connectivity index (χ3n) is 3.47. The van der Waals surface area contributed by atoms with E-state index in [0.717, 1.165) is 17.2 Å². The Balaban J connectivity index is 2.21. The Kier molecular flexibility index (Phi) is 3.78. The maximum absolute atomic E-state index is 13.2. The molecule has 1 aliphatic carbocycles. The highest BCUT2D eigenvalue weighted by Crippen LogP contribution is 2.35. The first-order valence-corrected chi connectivity index (χ1v) is 5.85. The Morgan fingerprint density at radius 3 is 2.33 bits per heavy atom. The number of allylic oxidation sites excluding steroid dienone is 1. The van der Waals surface area contributed by atoms with Crippen LogP contribution in [0.5, 0.6) is 0 Å². The van der Waals surface area contributed by atoms with Crippen LogP contribution in [-0.4, -0.2) is 20.0 Å². The Labute approximate surface area is 105 Å². The van der Waals surface area contributed by atoms with Crippen LogP contribution in [0.2, 0.25) is 0 Å². The molecule has 4 heteroatoms. The second-order valence-corrected chi connectivity index (χ2v) is 4.38. The molecule has 18 heavy (non-hydrogen) atoms. The maximum Gasteiger partial charge on any atom is 0.171 e. The molecule has 0 amide bonds. The molecule has 1 aromatic carbocycles. The van der Waals surface area contributed by atoms with Gasteiger partial charge in [-0.2, -0.15) is 0 Å². The molecule has 0 heterocycles. The second-order valence-electron chi connectivity index (χ2n) is 4.38. The van der Waals surface area contributed by atoms with Gasteiger partial charge in [-0.3, -0.25) is 0 Å². The topological polar surface area (TPSA) is 18.5 Å². The molecule has 1 aliphatic rings. The molecule has 0 fully saturated rings. The number of halogens is 2. The van der Waals surface area contributed by atoms with Crippen LogP contribution in [-0.2, 0) is 9.47 Å². The lowest BCUT2D eigenvalue weighted by molar-refractivity contribution is -0.208. The first-order chi connectivity index (χ1) is 8.60. The van der Waals surface area contributed by atoms with Gasteiger partial charge in [0.15, 0.2) is 17.4 Å². The molecular weight excluding hydrogens is 238 g/mol. The maximum atomic E-state index is 13.2. The summed E-state index contributed by atoms with van der Waals surface area (Å²) < 4.78 is 36.7. The van der Waals surface area contributed by atoms with Gasteiger partial charge in [0.1, 0.15) is 0 Å². The van der Waals surface area contributed by atoms with E-state index in [4.69, 9.17) is 9.47 Å². The molecule has 0 saturated carbocycles. The third-order valence-corrected chi connectivity index (χ3v) is 3.47. The van der Waals surface area contributed by atoms with E-state index in [9.17, 15) is 8.78 Å². The largest absolute Gasteiger partial charge is 0.353 e. The van der Waals surface area contributed by atoms with Crippen LogP contribution in [0.1, 0.15) is 24.8 Å². The fourth-order valence-electron chi connectivity index (χ4n) is 2.22. The smallest absolute Gasteiger partial charge is 0.171 e. The summed E-state index contributed by atoms with van der Waals surface area (Å²) in [5.74, 6) is -2.22. The summed E-state index contributed by atoms with van der Waals surface area (Å²) >= 11 is 0. The summed E-state index contributed by atoms with van der Waals surface area (Å²) in [6.07, 6.45) is 3.98. The molecular formula is C14H16F2O2. The van der Waals surface area contributed by atoms with Crippen molar-refractivity contribution in [3.63, 3.8) is 0 Å². The number of methoxy groups -OCH3 is 2. The van der Waals surface area contributed by atoms with Gasteiger partial charge < -0.3 is 9.47 Å². The van der Waals surface area contributed by atoms with Crippen LogP contribution < -0.4 is 0 Å². The third kappa shape index (κ3) is 2.44. The van der Waals surface area contributed by atoms with Crippen molar-refractivity contribution in [1.29, 1.82) is 0 Å². The van der Waals surface area contributed by atoms with Crippen molar-refractivity contribution in [2.45, 2.75) is 25.0 Å². The molecule has 2 nitrogen and oxygen atoms in total. The van der Waals surface area contributed by atoms with Crippen LogP contribution >= 0.6 is 0 Å². The van der Waals surface area contributed by atoms with Crippen LogP contribution in [0, 0.1) is 11.6 Å². The van der Waals surface area contributed by atoms with Gasteiger partial charge in [-0.15, -0.1) is 0 Å². The van der Waals surface area contributed by atoms with E-state index in [0.29, 0.717) is 19.3 Å². The Bertz CT molecular complexity index is 465. The monoisotopic (exact) mass is 254 g/mol. The van der Waals surface area contributed by atoms with Gasteiger partial charge in [-0.25, -0.2) is 8.78 Å². The normalized spacial score (nSPS) is 18.6. The molecule has 0 radical (unpaired) electrons. The van der Waals surface area contributed by atoms with E-state index >= 15 is 0 Å². The van der Waals surface area contributed by atoms with E-state index < -0.39 is 17.4 Å². The summed E-state index contributed by atoms with van der Waals surface area (Å²) in [4.78, 5) is 0. The Hall–Kier alpha value is -1.26. The van der Waals surface area contributed by atoms with Gasteiger partial charge in [0, 0.05) is 27.1 Å². The van der Waals surface area contributed by atoms with Crippen molar-refractivity contribution >= 4 is 5.57 Å². The molecule has 98 valence electrons. The van der Waals surface area contributed by atoms with Gasteiger partial charge in [-0.05, 0) is 29.7 Å². The first-order valence-electron chi connectivity index (χ1n) is 5.85. The molecule has 0 spiro atoms. The minimum absolute atomic E-state index is 0.581. The van der Waals surface area contributed by atoms with E-state index in [1.807, 2.05) is 6.08 Å². The van der Waals surface area contributed by atoms with Gasteiger partial charge in [0.05, 0.1) is 0 Å². The molecule has 1 aromatic rings. The average Bonchev–Trinajstić information content (AvgIpc) is 2.42. The standard InChI is InChI=1S/C14H16F2O2/c1-17-14(18-2)7-5-10(6-8-14)11-3-4-12(15)13(16)9-11/h3-5,9H,6-8H2,1-2H3. The van der Waals surface area contributed by atoms with Crippen molar-refractivity contribution < 1.29 is 18.3 Å². The van der Waals surface area contributed by atoms with Crippen LogP contribution in [0.25, 0.3) is 5.57 Å². The van der Waals surface area contributed by atoms with Gasteiger partial charge in [0.25, 0.3) is 0 Å². The first kappa shape index (κ1) is 13.2. The van der Waals surface area contributed by atoms with Crippen molar-refractivity contribution in [3.8, 4) is 0 Å². The van der Waals surface area contributed by atoms with Crippen molar-refractivity contribution in [2.75, 3.05) is 14.2 Å². The highest BCUT2D eigenvalue weighted by Gasteiger charge is 2.31. The molecule has 0 unspecified atom stereocenters. The van der Waals surface area contributed by atoms with Gasteiger partial charge in [-0.1, -0.05) is 12.1 Å². The molecule has 0 saturated heterocycles. The summed E-state index contributed by atoms with van der Waals surface area (Å²) in [7, 11) is 3.22. The average molecular weight is 254 g/mol. The lowest BCUT2D eigenvalue weighted by Gasteiger charge is -2.33. The lowest BCUT2D eigenvalue weighted by atomic mass is 9.89. The van der Waals surface area contributed by atoms with E-state index in [1.165, 1.54) is 6.07 Å². The quantitative estimate of drug-likeness (QED) is 0.768. The van der Waals surface area contributed by atoms with Gasteiger partial charge >= 0.3 is 0 Å². The van der Waals surface area contributed by atoms with Crippen molar-refractivity contribution in [2.24, 2.45) is 0 Å². The minimum atomic E-state index is -0.821. The molecule has 0 atom stereocenters. The molecule has 0 aliphatic heterocycles.